The van der Waals surface area contributed by atoms with Crippen molar-refractivity contribution in [3.63, 3.8) is 0 Å². The first-order chi connectivity index (χ1) is 37.1. The SMILES string of the molecule is CC(C)c1cc(-c2ccc(-c3cc(C(C)(C)C)cc(C(C)(C)C)c3)cc2)cc(C(C)C)c1-n1c(-c2[c-]ccc3c2oc2cc4c(cc23)oc2ccccc24)nc2ccccc21.C[Si](C)(C)c1ccc(-c2[c-]cc(F)cc2)nc1.[Ir]. The molecule has 0 aliphatic carbocycles. The summed E-state index contributed by atoms with van der Waals surface area (Å²) in [7, 11) is -1.30. The predicted molar refractivity (Wildman–Crippen MR) is 328 cm³/mol. The molecule has 4 heterocycles. The number of imidazole rings is 1. The normalized spacial score (nSPS) is 12.3. The number of hydrogen-bond acceptors (Lipinski definition) is 4. The summed E-state index contributed by atoms with van der Waals surface area (Å²) in [5.41, 5.74) is 19.3. The predicted octanol–water partition coefficient (Wildman–Crippen LogP) is 19.7. The molecule has 401 valence electrons. The van der Waals surface area contributed by atoms with Crippen LogP contribution in [0.2, 0.25) is 19.6 Å². The molecule has 1 radical (unpaired) electrons. The fourth-order valence-corrected chi connectivity index (χ4v) is 11.6. The zero-order valence-electron chi connectivity index (χ0n) is 47.6. The Morgan fingerprint density at radius 2 is 1.16 bits per heavy atom. The Bertz CT molecular complexity index is 4140. The van der Waals surface area contributed by atoms with E-state index in [4.69, 9.17) is 13.8 Å². The second kappa shape index (κ2) is 21.1. The zero-order valence-corrected chi connectivity index (χ0v) is 51.0. The number of nitrogens with zero attached hydrogens (tertiary/aromatic N) is 3. The van der Waals surface area contributed by atoms with E-state index in [1.54, 1.807) is 6.07 Å². The number of rotatable bonds is 8. The first-order valence-electron chi connectivity index (χ1n) is 27.4. The van der Waals surface area contributed by atoms with Crippen LogP contribution in [0.5, 0.6) is 0 Å². The minimum absolute atomic E-state index is 0. The van der Waals surface area contributed by atoms with Crippen LogP contribution in [-0.2, 0) is 30.9 Å². The molecule has 0 amide bonds. The van der Waals surface area contributed by atoms with Crippen LogP contribution in [-0.4, -0.2) is 22.6 Å². The summed E-state index contributed by atoms with van der Waals surface area (Å²) < 4.78 is 28.3. The van der Waals surface area contributed by atoms with Crippen LogP contribution < -0.4 is 5.19 Å². The maximum Gasteiger partial charge on any atom is 0.136 e. The molecular weight excluding hydrogens is 1170 g/mol. The second-order valence-electron chi connectivity index (χ2n) is 24.7. The van der Waals surface area contributed by atoms with Crippen LogP contribution in [0.4, 0.5) is 4.39 Å². The van der Waals surface area contributed by atoms with Crippen molar-refractivity contribution in [3.8, 4) is 50.6 Å². The Kier molecular flexibility index (Phi) is 14.7. The first-order valence-corrected chi connectivity index (χ1v) is 30.9. The minimum atomic E-state index is -1.30. The Balaban J connectivity index is 0.000000334. The second-order valence-corrected chi connectivity index (χ2v) is 29.8. The molecule has 0 unspecified atom stereocenters. The molecule has 0 bridgehead atoms. The molecule has 79 heavy (non-hydrogen) atoms. The van der Waals surface area contributed by atoms with Crippen molar-refractivity contribution in [2.24, 2.45) is 0 Å². The quantitative estimate of drug-likeness (QED) is 0.112. The number of furan rings is 2. The summed E-state index contributed by atoms with van der Waals surface area (Å²) in [6, 6.07) is 61.2. The van der Waals surface area contributed by atoms with Crippen LogP contribution >= 0.6 is 0 Å². The van der Waals surface area contributed by atoms with Crippen molar-refractivity contribution >= 4 is 68.2 Å². The molecule has 0 aliphatic rings. The third-order valence-corrected chi connectivity index (χ3v) is 17.3. The molecule has 4 aromatic heterocycles. The summed E-state index contributed by atoms with van der Waals surface area (Å²) in [6.45, 7) is 29.9. The van der Waals surface area contributed by atoms with Gasteiger partial charge in [0.1, 0.15) is 16.7 Å². The van der Waals surface area contributed by atoms with E-state index in [1.165, 1.54) is 67.5 Å². The van der Waals surface area contributed by atoms with Gasteiger partial charge in [-0.3, -0.25) is 9.37 Å². The van der Waals surface area contributed by atoms with Gasteiger partial charge in [0.15, 0.2) is 0 Å². The molecule has 0 atom stereocenters. The van der Waals surface area contributed by atoms with E-state index < -0.39 is 8.07 Å². The number of halogens is 1. The van der Waals surface area contributed by atoms with Gasteiger partial charge >= 0.3 is 0 Å². The van der Waals surface area contributed by atoms with Gasteiger partial charge in [0.25, 0.3) is 0 Å². The van der Waals surface area contributed by atoms with E-state index in [-0.39, 0.29) is 48.6 Å². The molecule has 12 aromatic rings. The summed E-state index contributed by atoms with van der Waals surface area (Å²) >= 11 is 0. The zero-order chi connectivity index (χ0) is 55.0. The van der Waals surface area contributed by atoms with Gasteiger partial charge in [-0.1, -0.05) is 185 Å². The smallest absolute Gasteiger partial charge is 0.136 e. The number of aromatic nitrogens is 3. The van der Waals surface area contributed by atoms with Gasteiger partial charge in [0.2, 0.25) is 0 Å². The molecule has 0 N–H and O–H groups in total. The summed E-state index contributed by atoms with van der Waals surface area (Å²) in [5.74, 6) is 1.00. The van der Waals surface area contributed by atoms with Crippen molar-refractivity contribution in [2.75, 3.05) is 0 Å². The Hall–Kier alpha value is -7.22. The number of fused-ring (bicyclic) bond motifs is 7. The molecule has 8 aromatic carbocycles. The van der Waals surface area contributed by atoms with Gasteiger partial charge in [-0.2, -0.15) is 0 Å². The van der Waals surface area contributed by atoms with E-state index >= 15 is 0 Å². The third kappa shape index (κ3) is 10.7. The molecule has 8 heteroatoms. The van der Waals surface area contributed by atoms with E-state index in [0.717, 1.165) is 77.6 Å². The molecule has 0 fully saturated rings. The fraction of sp³-hybridized carbons (Fsp3) is 0.239. The number of hydrogen-bond donors (Lipinski definition) is 0. The maximum atomic E-state index is 12.8. The van der Waals surface area contributed by atoms with E-state index in [0.29, 0.717) is 0 Å². The first kappa shape index (κ1) is 55.1. The number of para-hydroxylation sites is 3. The Morgan fingerprint density at radius 1 is 0.570 bits per heavy atom. The summed E-state index contributed by atoms with van der Waals surface area (Å²) in [4.78, 5) is 9.81. The average Bonchev–Trinajstić information content (AvgIpc) is 4.32. The fourth-order valence-electron chi connectivity index (χ4n) is 10.6. The van der Waals surface area contributed by atoms with Crippen molar-refractivity contribution < 1.29 is 33.3 Å². The van der Waals surface area contributed by atoms with Crippen LogP contribution in [0.25, 0.3) is 105 Å². The van der Waals surface area contributed by atoms with Gasteiger partial charge in [0, 0.05) is 54.0 Å². The molecule has 0 spiro atoms. The van der Waals surface area contributed by atoms with Gasteiger partial charge in [-0.05, 0) is 121 Å². The number of pyridine rings is 1. The summed E-state index contributed by atoms with van der Waals surface area (Å²) in [6.07, 6.45) is 1.93. The number of benzene rings is 8. The third-order valence-electron chi connectivity index (χ3n) is 15.2. The largest absolute Gasteiger partial charge is 0.501 e. The van der Waals surface area contributed by atoms with Crippen molar-refractivity contribution in [2.45, 2.75) is 112 Å². The molecule has 5 nitrogen and oxygen atoms in total. The van der Waals surface area contributed by atoms with Gasteiger partial charge in [-0.15, -0.1) is 48.0 Å². The Labute approximate surface area is 479 Å². The van der Waals surface area contributed by atoms with Crippen LogP contribution in [0.1, 0.15) is 103 Å². The van der Waals surface area contributed by atoms with Crippen molar-refractivity contribution in [1.29, 1.82) is 0 Å². The van der Waals surface area contributed by atoms with Gasteiger partial charge in [-0.25, -0.2) is 0 Å². The average molecular weight is 1230 g/mol. The van der Waals surface area contributed by atoms with E-state index in [1.807, 2.05) is 36.5 Å². The minimum Gasteiger partial charge on any atom is -0.501 e. The summed E-state index contributed by atoms with van der Waals surface area (Å²) in [5, 5.41) is 5.47. The molecule has 0 aliphatic heterocycles. The van der Waals surface area contributed by atoms with E-state index in [9.17, 15) is 4.39 Å². The van der Waals surface area contributed by atoms with Gasteiger partial charge < -0.3 is 18.4 Å². The molecule has 0 saturated carbocycles. The van der Waals surface area contributed by atoms with Crippen molar-refractivity contribution in [1.82, 2.24) is 14.5 Å². The van der Waals surface area contributed by atoms with Crippen LogP contribution in [0, 0.1) is 17.9 Å². The van der Waals surface area contributed by atoms with E-state index in [2.05, 4.69) is 220 Å². The van der Waals surface area contributed by atoms with Crippen molar-refractivity contribution in [3.05, 3.63) is 204 Å². The Morgan fingerprint density at radius 3 is 1.75 bits per heavy atom. The molecule has 0 saturated heterocycles. The van der Waals surface area contributed by atoms with Crippen LogP contribution in [0.15, 0.2) is 173 Å². The maximum absolute atomic E-state index is 12.8. The standard InChI is InChI=1S/C57H53N2O2.C14H15FNSi.Ir/c1-33(2)44-28-38(36-24-22-35(23-25-36)37-26-39(56(5,6)7)30-40(27-37)57(8,9)10)29-45(34(3)4)53(44)59-49-20-13-12-19-48(49)58-55(59)43-18-15-17-42-47-32-51-46(31-52(47)61-54(42)43)41-16-11-14-21-50(41)60-51;1-17(2,3)13-8-9-14(16-10-13)11-4-6-12(15)7-5-11;/h11-17,19-34H,1-10H3;4,6-10H,1-3H3;/q2*-1;. The molecular formula is C71H68FIrN3O2Si-2. The molecule has 12 rings (SSSR count). The topological polar surface area (TPSA) is 57.0 Å². The monoisotopic (exact) mass is 1230 g/mol. The van der Waals surface area contributed by atoms with Gasteiger partial charge in [0.05, 0.1) is 30.5 Å². The van der Waals surface area contributed by atoms with Crippen LogP contribution in [0.3, 0.4) is 0 Å².